The van der Waals surface area contributed by atoms with Crippen LogP contribution in [0.3, 0.4) is 0 Å². The number of hydrogen-bond acceptors (Lipinski definition) is 2. The summed E-state index contributed by atoms with van der Waals surface area (Å²) in [4.78, 5) is 0. The average molecular weight is 233 g/mol. The van der Waals surface area contributed by atoms with Crippen molar-refractivity contribution < 1.29 is 4.74 Å². The van der Waals surface area contributed by atoms with Gasteiger partial charge in [0.1, 0.15) is 0 Å². The summed E-state index contributed by atoms with van der Waals surface area (Å²) in [6, 6.07) is 11.4. The number of hydrogen-bond donors (Lipinski definition) is 1. The molecule has 2 unspecified atom stereocenters. The second-order valence-electron chi connectivity index (χ2n) is 4.95. The van der Waals surface area contributed by atoms with E-state index in [1.165, 1.54) is 18.4 Å². The zero-order valence-corrected chi connectivity index (χ0v) is 10.7. The van der Waals surface area contributed by atoms with Gasteiger partial charge >= 0.3 is 0 Å². The Hall–Kier alpha value is -0.860. The zero-order valence-electron chi connectivity index (χ0n) is 10.7. The molecule has 0 aliphatic carbocycles. The van der Waals surface area contributed by atoms with Crippen LogP contribution in [0.4, 0.5) is 0 Å². The smallest absolute Gasteiger partial charge is 0.0561 e. The SMILES string of the molecule is CC1CC(NCCCc2ccccc2)CCO1. The second kappa shape index (κ2) is 6.77. The van der Waals surface area contributed by atoms with E-state index in [1.54, 1.807) is 0 Å². The van der Waals surface area contributed by atoms with Gasteiger partial charge in [0.15, 0.2) is 0 Å². The average Bonchev–Trinajstić information content (AvgIpc) is 2.36. The van der Waals surface area contributed by atoms with Crippen LogP contribution in [0.25, 0.3) is 0 Å². The largest absolute Gasteiger partial charge is 0.378 e. The predicted octanol–water partition coefficient (Wildman–Crippen LogP) is 2.78. The number of nitrogens with one attached hydrogen (secondary N) is 1. The molecule has 2 nitrogen and oxygen atoms in total. The van der Waals surface area contributed by atoms with Gasteiger partial charge < -0.3 is 10.1 Å². The first-order valence-electron chi connectivity index (χ1n) is 6.73. The summed E-state index contributed by atoms with van der Waals surface area (Å²) in [6.45, 7) is 4.20. The van der Waals surface area contributed by atoms with Crippen molar-refractivity contribution in [3.63, 3.8) is 0 Å². The van der Waals surface area contributed by atoms with E-state index in [4.69, 9.17) is 4.74 Å². The summed E-state index contributed by atoms with van der Waals surface area (Å²) in [5.41, 5.74) is 1.44. The molecule has 0 amide bonds. The Kier molecular flexibility index (Phi) is 5.02. The molecule has 1 N–H and O–H groups in total. The number of aryl methyl sites for hydroxylation is 1. The quantitative estimate of drug-likeness (QED) is 0.790. The van der Waals surface area contributed by atoms with Gasteiger partial charge in [-0.3, -0.25) is 0 Å². The van der Waals surface area contributed by atoms with Crippen LogP contribution in [0.2, 0.25) is 0 Å². The minimum absolute atomic E-state index is 0.426. The molecule has 0 aromatic heterocycles. The fraction of sp³-hybridized carbons (Fsp3) is 0.600. The molecule has 1 fully saturated rings. The highest BCUT2D eigenvalue weighted by Crippen LogP contribution is 2.13. The summed E-state index contributed by atoms with van der Waals surface area (Å²) >= 11 is 0. The molecule has 0 radical (unpaired) electrons. The van der Waals surface area contributed by atoms with Gasteiger partial charge in [0, 0.05) is 12.6 Å². The first-order valence-corrected chi connectivity index (χ1v) is 6.73. The van der Waals surface area contributed by atoms with Crippen molar-refractivity contribution in [2.75, 3.05) is 13.2 Å². The molecule has 2 heteroatoms. The lowest BCUT2D eigenvalue weighted by molar-refractivity contribution is 0.0134. The minimum atomic E-state index is 0.426. The lowest BCUT2D eigenvalue weighted by Gasteiger charge is -2.28. The van der Waals surface area contributed by atoms with Gasteiger partial charge in [-0.25, -0.2) is 0 Å². The first-order chi connectivity index (χ1) is 8.34. The Morgan fingerprint density at radius 1 is 1.29 bits per heavy atom. The zero-order chi connectivity index (χ0) is 11.9. The molecule has 1 saturated heterocycles. The molecule has 94 valence electrons. The van der Waals surface area contributed by atoms with Crippen molar-refractivity contribution in [3.8, 4) is 0 Å². The van der Waals surface area contributed by atoms with Gasteiger partial charge in [-0.05, 0) is 44.7 Å². The third-order valence-electron chi connectivity index (χ3n) is 3.40. The Bertz CT molecular complexity index is 312. The van der Waals surface area contributed by atoms with Crippen molar-refractivity contribution in [2.45, 2.75) is 44.8 Å². The van der Waals surface area contributed by atoms with Crippen LogP contribution in [0.15, 0.2) is 30.3 Å². The molecule has 2 atom stereocenters. The Balaban J connectivity index is 1.60. The number of ether oxygens (including phenoxy) is 1. The summed E-state index contributed by atoms with van der Waals surface area (Å²) in [7, 11) is 0. The van der Waals surface area contributed by atoms with Gasteiger partial charge in [-0.2, -0.15) is 0 Å². The van der Waals surface area contributed by atoms with Gasteiger partial charge in [0.25, 0.3) is 0 Å². The fourth-order valence-corrected chi connectivity index (χ4v) is 2.43. The van der Waals surface area contributed by atoms with Crippen LogP contribution in [0.5, 0.6) is 0 Å². The van der Waals surface area contributed by atoms with Gasteiger partial charge in [0.05, 0.1) is 6.10 Å². The standard InChI is InChI=1S/C15H23NO/c1-13-12-15(9-11-17-13)16-10-5-8-14-6-3-2-4-7-14/h2-4,6-7,13,15-16H,5,8-12H2,1H3. The van der Waals surface area contributed by atoms with Crippen molar-refractivity contribution in [3.05, 3.63) is 35.9 Å². The number of benzene rings is 1. The topological polar surface area (TPSA) is 21.3 Å². The van der Waals surface area contributed by atoms with E-state index >= 15 is 0 Å². The van der Waals surface area contributed by atoms with Crippen LogP contribution in [0.1, 0.15) is 31.7 Å². The Morgan fingerprint density at radius 2 is 2.12 bits per heavy atom. The first kappa shape index (κ1) is 12.6. The van der Waals surface area contributed by atoms with Crippen LogP contribution in [-0.2, 0) is 11.2 Å². The van der Waals surface area contributed by atoms with Gasteiger partial charge in [0.2, 0.25) is 0 Å². The lowest BCUT2D eigenvalue weighted by Crippen LogP contribution is -2.38. The van der Waals surface area contributed by atoms with Crippen LogP contribution in [-0.4, -0.2) is 25.3 Å². The van der Waals surface area contributed by atoms with Gasteiger partial charge in [-0.15, -0.1) is 0 Å². The molecule has 1 aromatic carbocycles. The molecule has 1 aliphatic rings. The molecule has 1 heterocycles. The van der Waals surface area contributed by atoms with Crippen molar-refractivity contribution in [2.24, 2.45) is 0 Å². The molecule has 1 aromatic rings. The normalized spacial score (nSPS) is 24.8. The molecule has 1 aliphatic heterocycles. The Labute approximate surface area is 104 Å². The molecule has 0 saturated carbocycles. The summed E-state index contributed by atoms with van der Waals surface area (Å²) < 4.78 is 5.54. The lowest BCUT2D eigenvalue weighted by atomic mass is 10.0. The van der Waals surface area contributed by atoms with E-state index in [0.29, 0.717) is 12.1 Å². The van der Waals surface area contributed by atoms with Crippen molar-refractivity contribution in [1.29, 1.82) is 0 Å². The highest BCUT2D eigenvalue weighted by Gasteiger charge is 2.17. The summed E-state index contributed by atoms with van der Waals surface area (Å²) in [5, 5.41) is 3.64. The summed E-state index contributed by atoms with van der Waals surface area (Å²) in [6.07, 6.45) is 5.14. The van der Waals surface area contributed by atoms with Crippen LogP contribution < -0.4 is 5.32 Å². The fourth-order valence-electron chi connectivity index (χ4n) is 2.43. The van der Waals surface area contributed by atoms with Gasteiger partial charge in [-0.1, -0.05) is 30.3 Å². The summed E-state index contributed by atoms with van der Waals surface area (Å²) in [5.74, 6) is 0. The highest BCUT2D eigenvalue weighted by molar-refractivity contribution is 5.14. The third kappa shape index (κ3) is 4.49. The molecule has 2 rings (SSSR count). The van der Waals surface area contributed by atoms with Crippen molar-refractivity contribution in [1.82, 2.24) is 5.32 Å². The van der Waals surface area contributed by atoms with E-state index in [9.17, 15) is 0 Å². The van der Waals surface area contributed by atoms with Crippen molar-refractivity contribution >= 4 is 0 Å². The molecule has 0 bridgehead atoms. The minimum Gasteiger partial charge on any atom is -0.378 e. The van der Waals surface area contributed by atoms with E-state index in [2.05, 4.69) is 42.6 Å². The third-order valence-corrected chi connectivity index (χ3v) is 3.40. The van der Waals surface area contributed by atoms with E-state index in [-0.39, 0.29) is 0 Å². The molecule has 17 heavy (non-hydrogen) atoms. The second-order valence-corrected chi connectivity index (χ2v) is 4.95. The van der Waals surface area contributed by atoms with E-state index in [1.807, 2.05) is 0 Å². The molecular weight excluding hydrogens is 210 g/mol. The van der Waals surface area contributed by atoms with Crippen LogP contribution >= 0.6 is 0 Å². The van der Waals surface area contributed by atoms with E-state index < -0.39 is 0 Å². The maximum Gasteiger partial charge on any atom is 0.0561 e. The van der Waals surface area contributed by atoms with Crippen LogP contribution in [0, 0.1) is 0 Å². The predicted molar refractivity (Wildman–Crippen MR) is 71.2 cm³/mol. The highest BCUT2D eigenvalue weighted by atomic mass is 16.5. The van der Waals surface area contributed by atoms with E-state index in [0.717, 1.165) is 26.0 Å². The maximum atomic E-state index is 5.54. The monoisotopic (exact) mass is 233 g/mol. The maximum absolute atomic E-state index is 5.54. The number of rotatable bonds is 5. The molecular formula is C15H23NO. The Morgan fingerprint density at radius 3 is 2.88 bits per heavy atom. The molecule has 0 spiro atoms.